The van der Waals surface area contributed by atoms with E-state index in [-0.39, 0.29) is 24.6 Å². The van der Waals surface area contributed by atoms with Crippen LogP contribution in [0.4, 0.5) is 0 Å². The second kappa shape index (κ2) is 6.92. The number of carboxylic acids is 1. The van der Waals surface area contributed by atoms with E-state index in [1.165, 1.54) is 4.90 Å². The van der Waals surface area contributed by atoms with Crippen LogP contribution in [0.15, 0.2) is 29.1 Å². The van der Waals surface area contributed by atoms with Gasteiger partial charge in [0, 0.05) is 24.0 Å². The van der Waals surface area contributed by atoms with Gasteiger partial charge in [-0.15, -0.1) is 0 Å². The average molecular weight is 376 g/mol. The Kier molecular flexibility index (Phi) is 4.82. The van der Waals surface area contributed by atoms with Crippen LogP contribution in [-0.2, 0) is 4.79 Å². The Morgan fingerprint density at radius 3 is 2.50 bits per heavy atom. The van der Waals surface area contributed by atoms with Crippen LogP contribution in [0.2, 0.25) is 5.02 Å². The summed E-state index contributed by atoms with van der Waals surface area (Å²) in [4.78, 5) is 38.1. The molecule has 0 spiro atoms. The predicted octanol–water partition coefficient (Wildman–Crippen LogP) is 1.98. The van der Waals surface area contributed by atoms with Crippen molar-refractivity contribution in [3.05, 3.63) is 62.0 Å². The predicted molar refractivity (Wildman–Crippen MR) is 95.6 cm³/mol. The van der Waals surface area contributed by atoms with E-state index in [0.717, 1.165) is 5.56 Å². The maximum atomic E-state index is 12.9. The topological polar surface area (TPSA) is 103 Å². The van der Waals surface area contributed by atoms with E-state index in [1.807, 2.05) is 0 Å². The van der Waals surface area contributed by atoms with Gasteiger partial charge < -0.3 is 10.0 Å². The van der Waals surface area contributed by atoms with E-state index in [9.17, 15) is 19.5 Å². The van der Waals surface area contributed by atoms with Crippen LogP contribution in [0.25, 0.3) is 0 Å². The van der Waals surface area contributed by atoms with Gasteiger partial charge in [0.2, 0.25) is 0 Å². The molecule has 3 rings (SSSR count). The zero-order valence-corrected chi connectivity index (χ0v) is 15.1. The van der Waals surface area contributed by atoms with Crippen molar-refractivity contribution in [3.8, 4) is 0 Å². The normalized spacial score (nSPS) is 19.6. The van der Waals surface area contributed by atoms with Crippen LogP contribution in [0.3, 0.4) is 0 Å². The van der Waals surface area contributed by atoms with Crippen LogP contribution in [-0.4, -0.2) is 45.2 Å². The van der Waals surface area contributed by atoms with Gasteiger partial charge in [-0.25, -0.2) is 5.10 Å². The van der Waals surface area contributed by atoms with Crippen molar-refractivity contribution in [3.63, 3.8) is 0 Å². The number of aromatic amines is 1. The molecule has 2 atom stereocenters. The zero-order valence-electron chi connectivity index (χ0n) is 14.3. The Labute approximate surface area is 154 Å². The van der Waals surface area contributed by atoms with Gasteiger partial charge in [0.05, 0.1) is 11.6 Å². The standard InChI is InChI=1S/C18H18ClN3O4/c1-9-10(2)20-21-16(23)15(9)17(24)22-7-13(14(8-22)18(25)26)11-3-5-12(19)6-4-11/h3-6,13-14H,7-8H2,1-2H3,(H,21,23)(H,25,26)/t13-,14+/m0/s1. The van der Waals surface area contributed by atoms with E-state index >= 15 is 0 Å². The van der Waals surface area contributed by atoms with Crippen LogP contribution in [0, 0.1) is 19.8 Å². The van der Waals surface area contributed by atoms with Crippen LogP contribution >= 0.6 is 11.6 Å². The molecule has 0 bridgehead atoms. The van der Waals surface area contributed by atoms with Crippen LogP contribution in [0.5, 0.6) is 0 Å². The molecule has 0 unspecified atom stereocenters. The molecule has 1 aromatic carbocycles. The first-order chi connectivity index (χ1) is 12.3. The molecule has 2 aromatic rings. The monoisotopic (exact) mass is 375 g/mol. The molecule has 1 amide bonds. The summed E-state index contributed by atoms with van der Waals surface area (Å²) < 4.78 is 0. The molecule has 2 heterocycles. The average Bonchev–Trinajstić information content (AvgIpc) is 3.05. The van der Waals surface area contributed by atoms with E-state index in [2.05, 4.69) is 10.2 Å². The van der Waals surface area contributed by atoms with Gasteiger partial charge in [0.1, 0.15) is 5.56 Å². The highest BCUT2D eigenvalue weighted by Gasteiger charge is 2.41. The molecule has 1 fully saturated rings. The highest BCUT2D eigenvalue weighted by molar-refractivity contribution is 6.30. The summed E-state index contributed by atoms with van der Waals surface area (Å²) in [7, 11) is 0. The quantitative estimate of drug-likeness (QED) is 0.853. The van der Waals surface area contributed by atoms with E-state index in [0.29, 0.717) is 16.3 Å². The molecule has 26 heavy (non-hydrogen) atoms. The third-order valence-electron chi connectivity index (χ3n) is 4.91. The number of aromatic nitrogens is 2. The lowest BCUT2D eigenvalue weighted by atomic mass is 9.89. The van der Waals surface area contributed by atoms with E-state index in [1.54, 1.807) is 38.1 Å². The Morgan fingerprint density at radius 2 is 1.88 bits per heavy atom. The number of carbonyl (C=O) groups excluding carboxylic acids is 1. The first kappa shape index (κ1) is 18.1. The molecule has 0 saturated carbocycles. The number of nitrogens with zero attached hydrogens (tertiary/aromatic N) is 2. The summed E-state index contributed by atoms with van der Waals surface area (Å²) >= 11 is 5.90. The molecular formula is C18H18ClN3O4. The van der Waals surface area contributed by atoms with Crippen molar-refractivity contribution in [1.29, 1.82) is 0 Å². The van der Waals surface area contributed by atoms with Crippen molar-refractivity contribution < 1.29 is 14.7 Å². The number of hydrogen-bond acceptors (Lipinski definition) is 4. The highest BCUT2D eigenvalue weighted by atomic mass is 35.5. The van der Waals surface area contributed by atoms with Crippen molar-refractivity contribution >= 4 is 23.5 Å². The van der Waals surface area contributed by atoms with Crippen molar-refractivity contribution in [2.75, 3.05) is 13.1 Å². The summed E-state index contributed by atoms with van der Waals surface area (Å²) in [5.74, 6) is -2.56. The largest absolute Gasteiger partial charge is 0.481 e. The zero-order chi connectivity index (χ0) is 19.0. The first-order valence-electron chi connectivity index (χ1n) is 8.13. The fourth-order valence-corrected chi connectivity index (χ4v) is 3.43. The van der Waals surface area contributed by atoms with Gasteiger partial charge in [0.25, 0.3) is 11.5 Å². The lowest BCUT2D eigenvalue weighted by Gasteiger charge is -2.17. The lowest BCUT2D eigenvalue weighted by molar-refractivity contribution is -0.141. The number of amides is 1. The van der Waals surface area contributed by atoms with Crippen molar-refractivity contribution in [2.45, 2.75) is 19.8 Å². The fraction of sp³-hybridized carbons (Fsp3) is 0.333. The molecule has 0 radical (unpaired) electrons. The molecule has 1 saturated heterocycles. The number of H-pyrrole nitrogens is 1. The molecule has 1 aliphatic rings. The molecule has 0 aliphatic carbocycles. The number of halogens is 1. The van der Waals surface area contributed by atoms with E-state index in [4.69, 9.17) is 11.6 Å². The lowest BCUT2D eigenvalue weighted by Crippen LogP contribution is -2.35. The molecule has 8 heteroatoms. The molecule has 1 aliphatic heterocycles. The van der Waals surface area contributed by atoms with Gasteiger partial charge in [-0.05, 0) is 37.1 Å². The summed E-state index contributed by atoms with van der Waals surface area (Å²) in [5, 5.41) is 16.3. The summed E-state index contributed by atoms with van der Waals surface area (Å²) in [6.07, 6.45) is 0. The molecular weight excluding hydrogens is 358 g/mol. The van der Waals surface area contributed by atoms with Gasteiger partial charge in [0.15, 0.2) is 0 Å². The Balaban J connectivity index is 1.94. The third-order valence-corrected chi connectivity index (χ3v) is 5.16. The van der Waals surface area contributed by atoms with Gasteiger partial charge in [-0.3, -0.25) is 14.4 Å². The van der Waals surface area contributed by atoms with Crippen molar-refractivity contribution in [1.82, 2.24) is 15.1 Å². The second-order valence-corrected chi connectivity index (χ2v) is 6.89. The Hall–Kier alpha value is -2.67. The molecule has 1 aromatic heterocycles. The number of hydrogen-bond donors (Lipinski definition) is 2. The van der Waals surface area contributed by atoms with Crippen molar-refractivity contribution in [2.24, 2.45) is 5.92 Å². The number of likely N-dealkylation sites (tertiary alicyclic amines) is 1. The first-order valence-corrected chi connectivity index (χ1v) is 8.50. The summed E-state index contributed by atoms with van der Waals surface area (Å²) in [5.41, 5.74) is 1.30. The third kappa shape index (κ3) is 3.22. The van der Waals surface area contributed by atoms with Gasteiger partial charge >= 0.3 is 5.97 Å². The number of carbonyl (C=O) groups is 2. The second-order valence-electron chi connectivity index (χ2n) is 6.45. The van der Waals surface area contributed by atoms with Gasteiger partial charge in [-0.2, -0.15) is 5.10 Å². The number of carboxylic acid groups (broad SMARTS) is 1. The minimum Gasteiger partial charge on any atom is -0.481 e. The summed E-state index contributed by atoms with van der Waals surface area (Å²) in [6, 6.07) is 6.93. The molecule has 136 valence electrons. The SMILES string of the molecule is Cc1n[nH]c(=O)c(C(=O)N2C[C@@H](C(=O)O)[C@H](c3ccc(Cl)cc3)C2)c1C. The highest BCUT2D eigenvalue weighted by Crippen LogP contribution is 2.34. The fourth-order valence-electron chi connectivity index (χ4n) is 3.31. The Morgan fingerprint density at radius 1 is 1.23 bits per heavy atom. The van der Waals surface area contributed by atoms with Gasteiger partial charge in [-0.1, -0.05) is 23.7 Å². The number of rotatable bonds is 3. The minimum absolute atomic E-state index is 0.0124. The van der Waals surface area contributed by atoms with Crippen LogP contribution in [0.1, 0.15) is 33.1 Å². The number of benzene rings is 1. The Bertz CT molecular complexity index is 923. The molecule has 2 N–H and O–H groups in total. The molecule has 7 nitrogen and oxygen atoms in total. The van der Waals surface area contributed by atoms with E-state index < -0.39 is 23.4 Å². The number of aryl methyl sites for hydroxylation is 1. The van der Waals surface area contributed by atoms with Crippen LogP contribution < -0.4 is 5.56 Å². The number of nitrogens with one attached hydrogen (secondary N) is 1. The maximum Gasteiger partial charge on any atom is 0.308 e. The summed E-state index contributed by atoms with van der Waals surface area (Å²) in [6.45, 7) is 3.62. The smallest absolute Gasteiger partial charge is 0.308 e. The minimum atomic E-state index is -0.975. The maximum absolute atomic E-state index is 12.9. The number of aliphatic carboxylic acids is 1.